The molecule has 2 aromatic carbocycles. The van der Waals surface area contributed by atoms with Gasteiger partial charge in [-0.2, -0.15) is 0 Å². The number of nitrogens with one attached hydrogen (secondary N) is 1. The Morgan fingerprint density at radius 3 is 2.08 bits per heavy atom. The van der Waals surface area contributed by atoms with E-state index >= 15 is 0 Å². The van der Waals surface area contributed by atoms with Crippen molar-refractivity contribution in [3.8, 4) is 11.5 Å². The van der Waals surface area contributed by atoms with E-state index in [9.17, 15) is 8.42 Å². The second-order valence-corrected chi connectivity index (χ2v) is 8.30. The van der Waals surface area contributed by atoms with Crippen LogP contribution in [-0.4, -0.2) is 28.7 Å². The molecule has 0 spiro atoms. The van der Waals surface area contributed by atoms with E-state index in [4.69, 9.17) is 9.47 Å². The number of sulfonamides is 1. The quantitative estimate of drug-likeness (QED) is 0.749. The summed E-state index contributed by atoms with van der Waals surface area (Å²) in [5.74, 6) is 1.49. The van der Waals surface area contributed by atoms with E-state index in [0.29, 0.717) is 11.3 Å². The smallest absolute Gasteiger partial charge is 0.240 e. The number of methoxy groups -OCH3 is 1. The van der Waals surface area contributed by atoms with Gasteiger partial charge in [-0.1, -0.05) is 17.7 Å². The van der Waals surface area contributed by atoms with Crippen LogP contribution in [0.15, 0.2) is 29.2 Å². The molecule has 5 nitrogen and oxygen atoms in total. The van der Waals surface area contributed by atoms with Crippen molar-refractivity contribution >= 4 is 10.0 Å². The summed E-state index contributed by atoms with van der Waals surface area (Å²) in [4.78, 5) is 0.262. The lowest BCUT2D eigenvalue weighted by atomic mass is 10.1. The van der Waals surface area contributed by atoms with E-state index in [0.717, 1.165) is 22.4 Å². The highest BCUT2D eigenvalue weighted by molar-refractivity contribution is 7.89. The van der Waals surface area contributed by atoms with Crippen LogP contribution in [0, 0.1) is 34.6 Å². The molecule has 0 atom stereocenters. The minimum absolute atomic E-state index is 0.194. The molecule has 0 bridgehead atoms. The fourth-order valence-electron chi connectivity index (χ4n) is 3.07. The van der Waals surface area contributed by atoms with Gasteiger partial charge in [0.05, 0.1) is 12.0 Å². The fraction of sp³-hybridized carbons (Fsp3) is 0.400. The zero-order valence-corrected chi connectivity index (χ0v) is 17.1. The second-order valence-electron chi connectivity index (χ2n) is 6.56. The van der Waals surface area contributed by atoms with Crippen molar-refractivity contribution in [2.24, 2.45) is 0 Å². The van der Waals surface area contributed by atoms with Crippen LogP contribution in [-0.2, 0) is 10.0 Å². The summed E-state index contributed by atoms with van der Waals surface area (Å²) in [5.41, 5.74) is 4.70. The highest BCUT2D eigenvalue weighted by Crippen LogP contribution is 2.26. The van der Waals surface area contributed by atoms with Crippen molar-refractivity contribution in [1.29, 1.82) is 0 Å². The highest BCUT2D eigenvalue weighted by Gasteiger charge is 2.18. The van der Waals surface area contributed by atoms with Crippen molar-refractivity contribution in [3.63, 3.8) is 0 Å². The maximum absolute atomic E-state index is 12.6. The van der Waals surface area contributed by atoms with Crippen LogP contribution in [0.2, 0.25) is 0 Å². The fourth-order valence-corrected chi connectivity index (χ4v) is 4.40. The van der Waals surface area contributed by atoms with Crippen LogP contribution in [0.5, 0.6) is 11.5 Å². The largest absolute Gasteiger partial charge is 0.496 e. The van der Waals surface area contributed by atoms with Crippen LogP contribution in [0.1, 0.15) is 27.8 Å². The average molecular weight is 378 g/mol. The van der Waals surface area contributed by atoms with E-state index in [1.165, 1.54) is 5.56 Å². The molecular weight excluding hydrogens is 350 g/mol. The molecule has 0 saturated heterocycles. The molecule has 0 aliphatic rings. The zero-order valence-electron chi connectivity index (χ0n) is 16.3. The van der Waals surface area contributed by atoms with E-state index in [2.05, 4.69) is 16.9 Å². The van der Waals surface area contributed by atoms with Crippen molar-refractivity contribution in [2.45, 2.75) is 39.5 Å². The Morgan fingerprint density at radius 1 is 0.885 bits per heavy atom. The van der Waals surface area contributed by atoms with Crippen molar-refractivity contribution in [3.05, 3.63) is 52.1 Å². The number of rotatable bonds is 7. The van der Waals surface area contributed by atoms with Crippen LogP contribution in [0.3, 0.4) is 0 Å². The molecule has 26 heavy (non-hydrogen) atoms. The average Bonchev–Trinajstić information content (AvgIpc) is 2.54. The Morgan fingerprint density at radius 2 is 1.50 bits per heavy atom. The summed E-state index contributed by atoms with van der Waals surface area (Å²) in [6.45, 7) is 10.1. The number of ether oxygens (including phenoxy) is 2. The molecular formula is C20H27NO4S. The van der Waals surface area contributed by atoms with Crippen molar-refractivity contribution in [1.82, 2.24) is 4.72 Å². The third-order valence-corrected chi connectivity index (χ3v) is 5.83. The standard InChI is InChI=1S/C20H27NO4S/c1-13-9-16(4)20(17(5)10-13)25-8-7-21-26(22,23)19-12-14(2)18(24-6)11-15(19)3/h9-12,21H,7-8H2,1-6H3. The molecule has 2 aromatic rings. The Kier molecular flexibility index (Phi) is 6.31. The molecule has 0 fully saturated rings. The summed E-state index contributed by atoms with van der Waals surface area (Å²) < 4.78 is 38.8. The van der Waals surface area contributed by atoms with Crippen molar-refractivity contribution < 1.29 is 17.9 Å². The number of hydrogen-bond donors (Lipinski definition) is 1. The van der Waals surface area contributed by atoms with E-state index in [-0.39, 0.29) is 18.0 Å². The molecule has 1 N–H and O–H groups in total. The van der Waals surface area contributed by atoms with Gasteiger partial charge in [-0.05, 0) is 69.0 Å². The maximum Gasteiger partial charge on any atom is 0.240 e. The highest BCUT2D eigenvalue weighted by atomic mass is 32.2. The van der Waals surface area contributed by atoms with Crippen LogP contribution in [0.4, 0.5) is 0 Å². The second kappa shape index (κ2) is 8.10. The molecule has 0 amide bonds. The van der Waals surface area contributed by atoms with Gasteiger partial charge in [0.25, 0.3) is 0 Å². The van der Waals surface area contributed by atoms with Crippen LogP contribution < -0.4 is 14.2 Å². The summed E-state index contributed by atoms with van der Waals surface area (Å²) in [6.07, 6.45) is 0. The Labute approximate surface area is 156 Å². The molecule has 0 unspecified atom stereocenters. The van der Waals surface area contributed by atoms with E-state index in [1.54, 1.807) is 26.2 Å². The Bertz CT molecular complexity index is 881. The van der Waals surface area contributed by atoms with Gasteiger partial charge in [-0.3, -0.25) is 0 Å². The van der Waals surface area contributed by atoms with Crippen molar-refractivity contribution in [2.75, 3.05) is 20.3 Å². The van der Waals surface area contributed by atoms with Crippen LogP contribution in [0.25, 0.3) is 0 Å². The third-order valence-electron chi connectivity index (χ3n) is 4.23. The lowest BCUT2D eigenvalue weighted by molar-refractivity contribution is 0.318. The maximum atomic E-state index is 12.6. The zero-order chi connectivity index (χ0) is 19.5. The predicted molar refractivity (Wildman–Crippen MR) is 104 cm³/mol. The molecule has 0 saturated carbocycles. The van der Waals surface area contributed by atoms with E-state index in [1.807, 2.05) is 27.7 Å². The van der Waals surface area contributed by atoms with Gasteiger partial charge in [-0.25, -0.2) is 13.1 Å². The first kappa shape index (κ1) is 20.3. The normalized spacial score (nSPS) is 11.5. The topological polar surface area (TPSA) is 64.6 Å². The third kappa shape index (κ3) is 4.56. The monoisotopic (exact) mass is 377 g/mol. The van der Waals surface area contributed by atoms with Gasteiger partial charge in [0.15, 0.2) is 0 Å². The summed E-state index contributed by atoms with van der Waals surface area (Å²) in [7, 11) is -2.04. The van der Waals surface area contributed by atoms with E-state index < -0.39 is 10.0 Å². The van der Waals surface area contributed by atoms with Gasteiger partial charge in [0, 0.05) is 6.54 Å². The summed E-state index contributed by atoms with van der Waals surface area (Å²) >= 11 is 0. The molecule has 0 heterocycles. The van der Waals surface area contributed by atoms with Gasteiger partial charge in [0.2, 0.25) is 10.0 Å². The minimum Gasteiger partial charge on any atom is -0.496 e. The number of hydrogen-bond acceptors (Lipinski definition) is 4. The SMILES string of the molecule is COc1cc(C)c(S(=O)(=O)NCCOc2c(C)cc(C)cc2C)cc1C. The Hall–Kier alpha value is -2.05. The van der Waals surface area contributed by atoms with Crippen LogP contribution >= 0.6 is 0 Å². The molecule has 0 radical (unpaired) electrons. The summed E-state index contributed by atoms with van der Waals surface area (Å²) in [5, 5.41) is 0. The predicted octanol–water partition coefficient (Wildman–Crippen LogP) is 3.59. The minimum atomic E-state index is -3.61. The lowest BCUT2D eigenvalue weighted by Crippen LogP contribution is -2.29. The molecule has 0 aromatic heterocycles. The summed E-state index contributed by atoms with van der Waals surface area (Å²) in [6, 6.07) is 7.47. The lowest BCUT2D eigenvalue weighted by Gasteiger charge is -2.15. The van der Waals surface area contributed by atoms with Gasteiger partial charge in [0.1, 0.15) is 18.1 Å². The van der Waals surface area contributed by atoms with Gasteiger partial charge < -0.3 is 9.47 Å². The molecule has 2 rings (SSSR count). The van der Waals surface area contributed by atoms with Gasteiger partial charge in [-0.15, -0.1) is 0 Å². The molecule has 142 valence electrons. The molecule has 6 heteroatoms. The first-order chi connectivity index (χ1) is 12.2. The first-order valence-corrected chi connectivity index (χ1v) is 9.99. The Balaban J connectivity index is 2.05. The molecule has 0 aliphatic carbocycles. The molecule has 0 aliphatic heterocycles. The number of benzene rings is 2. The first-order valence-electron chi connectivity index (χ1n) is 8.51. The number of aryl methyl sites for hydroxylation is 5. The van der Waals surface area contributed by atoms with Gasteiger partial charge >= 0.3 is 0 Å².